The molecule has 21 heavy (non-hydrogen) atoms. The Morgan fingerprint density at radius 2 is 2.33 bits per heavy atom. The normalized spacial score (nSPS) is 20.2. The number of nitrogens with two attached hydrogens (primary N) is 1. The number of ether oxygens (including phenoxy) is 1. The van der Waals surface area contributed by atoms with E-state index in [1.165, 1.54) is 12.1 Å². The van der Waals surface area contributed by atoms with Crippen LogP contribution in [0.25, 0.3) is 0 Å². The molecule has 2 N–H and O–H groups in total. The number of rotatable bonds is 4. The van der Waals surface area contributed by atoms with Gasteiger partial charge < -0.3 is 15.4 Å². The Bertz CT molecular complexity index is 505. The summed E-state index contributed by atoms with van der Waals surface area (Å²) in [6, 6.07) is 4.52. The second kappa shape index (κ2) is 6.89. The maximum absolute atomic E-state index is 13.9. The van der Waals surface area contributed by atoms with E-state index >= 15 is 0 Å². The standard InChI is InChI=1S/C16H23FN2O2/c1-3-21-15-13(7-4-8-14(15)17)16(20)19-9-5-6-12(10-19)11(2)18/h4,7-8,11-12H,3,5-6,9-10,18H2,1-2H3/t11-,12-/m0/s1. The van der Waals surface area contributed by atoms with Crippen molar-refractivity contribution < 1.29 is 13.9 Å². The fraction of sp³-hybridized carbons (Fsp3) is 0.562. The molecule has 4 nitrogen and oxygen atoms in total. The number of nitrogens with zero attached hydrogens (tertiary/aromatic N) is 1. The summed E-state index contributed by atoms with van der Waals surface area (Å²) in [5.74, 6) is -0.327. The lowest BCUT2D eigenvalue weighted by molar-refractivity contribution is 0.0656. The highest BCUT2D eigenvalue weighted by Gasteiger charge is 2.28. The number of likely N-dealkylation sites (tertiary alicyclic amines) is 1. The van der Waals surface area contributed by atoms with Gasteiger partial charge in [0.05, 0.1) is 12.2 Å². The van der Waals surface area contributed by atoms with E-state index in [4.69, 9.17) is 10.5 Å². The fourth-order valence-electron chi connectivity index (χ4n) is 2.76. The van der Waals surface area contributed by atoms with E-state index in [2.05, 4.69) is 0 Å². The van der Waals surface area contributed by atoms with Crippen molar-refractivity contribution in [2.45, 2.75) is 32.7 Å². The van der Waals surface area contributed by atoms with E-state index in [1.807, 2.05) is 6.92 Å². The number of carbonyl (C=O) groups is 1. The first-order valence-corrected chi connectivity index (χ1v) is 7.50. The van der Waals surface area contributed by atoms with Crippen LogP contribution >= 0.6 is 0 Å². The number of amides is 1. The van der Waals surface area contributed by atoms with Crippen molar-refractivity contribution >= 4 is 5.91 Å². The molecule has 0 aromatic heterocycles. The summed E-state index contributed by atoms with van der Waals surface area (Å²) in [4.78, 5) is 14.4. The van der Waals surface area contributed by atoms with Crippen LogP contribution in [-0.4, -0.2) is 36.5 Å². The average Bonchev–Trinajstić information content (AvgIpc) is 2.49. The maximum Gasteiger partial charge on any atom is 0.257 e. The highest BCUT2D eigenvalue weighted by molar-refractivity contribution is 5.97. The van der Waals surface area contributed by atoms with Gasteiger partial charge >= 0.3 is 0 Å². The van der Waals surface area contributed by atoms with E-state index in [1.54, 1.807) is 17.9 Å². The predicted molar refractivity (Wildman–Crippen MR) is 79.8 cm³/mol. The molecule has 0 unspecified atom stereocenters. The summed E-state index contributed by atoms with van der Waals surface area (Å²) in [6.45, 7) is 5.37. The number of piperidine rings is 1. The van der Waals surface area contributed by atoms with E-state index in [0.29, 0.717) is 31.2 Å². The maximum atomic E-state index is 13.9. The number of hydrogen-bond acceptors (Lipinski definition) is 3. The third-order valence-corrected chi connectivity index (χ3v) is 3.97. The molecule has 1 aromatic carbocycles. The second-order valence-electron chi connectivity index (χ2n) is 5.56. The zero-order chi connectivity index (χ0) is 15.4. The lowest BCUT2D eigenvalue weighted by Gasteiger charge is -2.35. The molecule has 0 spiro atoms. The van der Waals surface area contributed by atoms with E-state index in [9.17, 15) is 9.18 Å². The van der Waals surface area contributed by atoms with Crippen LogP contribution in [0, 0.1) is 11.7 Å². The Hall–Kier alpha value is -1.62. The van der Waals surface area contributed by atoms with Gasteiger partial charge in [0.2, 0.25) is 0 Å². The molecule has 2 atom stereocenters. The van der Waals surface area contributed by atoms with Crippen LogP contribution in [0.1, 0.15) is 37.0 Å². The van der Waals surface area contributed by atoms with Gasteiger partial charge in [-0.1, -0.05) is 6.07 Å². The first-order chi connectivity index (χ1) is 10.0. The molecule has 0 bridgehead atoms. The second-order valence-corrected chi connectivity index (χ2v) is 5.56. The lowest BCUT2D eigenvalue weighted by atomic mass is 9.92. The van der Waals surface area contributed by atoms with Crippen molar-refractivity contribution in [3.8, 4) is 5.75 Å². The van der Waals surface area contributed by atoms with Crippen molar-refractivity contribution in [1.82, 2.24) is 4.90 Å². The molecule has 1 heterocycles. The minimum atomic E-state index is -0.497. The van der Waals surface area contributed by atoms with Crippen LogP contribution in [0.5, 0.6) is 5.75 Å². The lowest BCUT2D eigenvalue weighted by Crippen LogP contribution is -2.45. The summed E-state index contributed by atoms with van der Waals surface area (Å²) in [5, 5.41) is 0. The minimum Gasteiger partial charge on any atom is -0.490 e. The van der Waals surface area contributed by atoms with Crippen molar-refractivity contribution in [2.24, 2.45) is 11.7 Å². The molecular weight excluding hydrogens is 271 g/mol. The quantitative estimate of drug-likeness (QED) is 0.928. The molecule has 116 valence electrons. The highest BCUT2D eigenvalue weighted by atomic mass is 19.1. The zero-order valence-electron chi connectivity index (χ0n) is 12.6. The zero-order valence-corrected chi connectivity index (χ0v) is 12.6. The molecule has 0 radical (unpaired) electrons. The van der Waals surface area contributed by atoms with Crippen molar-refractivity contribution in [3.05, 3.63) is 29.6 Å². The molecule has 1 fully saturated rings. The smallest absolute Gasteiger partial charge is 0.257 e. The van der Waals surface area contributed by atoms with Gasteiger partial charge in [0.25, 0.3) is 5.91 Å². The Balaban J connectivity index is 2.21. The van der Waals surface area contributed by atoms with E-state index < -0.39 is 5.82 Å². The van der Waals surface area contributed by atoms with Gasteiger partial charge in [-0.15, -0.1) is 0 Å². The molecule has 1 aliphatic rings. The van der Waals surface area contributed by atoms with E-state index in [0.717, 1.165) is 12.8 Å². The number of para-hydroxylation sites is 1. The van der Waals surface area contributed by atoms with E-state index in [-0.39, 0.29) is 17.7 Å². The van der Waals surface area contributed by atoms with Crippen LogP contribution < -0.4 is 10.5 Å². The van der Waals surface area contributed by atoms with Gasteiger partial charge in [-0.2, -0.15) is 0 Å². The van der Waals surface area contributed by atoms with Crippen LogP contribution in [0.3, 0.4) is 0 Å². The van der Waals surface area contributed by atoms with Gasteiger partial charge in [-0.25, -0.2) is 4.39 Å². The number of hydrogen-bond donors (Lipinski definition) is 1. The van der Waals surface area contributed by atoms with Crippen LogP contribution in [-0.2, 0) is 0 Å². The third-order valence-electron chi connectivity index (χ3n) is 3.97. The predicted octanol–water partition coefficient (Wildman–Crippen LogP) is 2.42. The molecule has 0 aliphatic carbocycles. The molecule has 1 saturated heterocycles. The first-order valence-electron chi connectivity index (χ1n) is 7.50. The third kappa shape index (κ3) is 3.53. The molecule has 2 rings (SSSR count). The molecule has 1 aromatic rings. The number of benzene rings is 1. The topological polar surface area (TPSA) is 55.6 Å². The first kappa shape index (κ1) is 15.8. The van der Waals surface area contributed by atoms with Crippen molar-refractivity contribution in [2.75, 3.05) is 19.7 Å². The Kier molecular flexibility index (Phi) is 5.17. The minimum absolute atomic E-state index is 0.0490. The van der Waals surface area contributed by atoms with Crippen LogP contribution in [0.4, 0.5) is 4.39 Å². The van der Waals surface area contributed by atoms with Gasteiger partial charge in [0.15, 0.2) is 11.6 Å². The van der Waals surface area contributed by atoms with Gasteiger partial charge in [-0.3, -0.25) is 4.79 Å². The van der Waals surface area contributed by atoms with Crippen molar-refractivity contribution in [3.63, 3.8) is 0 Å². The number of carbonyl (C=O) groups excluding carboxylic acids is 1. The molecular formula is C16H23FN2O2. The summed E-state index contributed by atoms with van der Waals surface area (Å²) >= 11 is 0. The molecule has 0 saturated carbocycles. The van der Waals surface area contributed by atoms with Gasteiger partial charge in [0, 0.05) is 19.1 Å². The van der Waals surface area contributed by atoms with Gasteiger partial charge in [0.1, 0.15) is 0 Å². The number of halogens is 1. The fourth-order valence-corrected chi connectivity index (χ4v) is 2.76. The molecule has 1 amide bonds. The highest BCUT2D eigenvalue weighted by Crippen LogP contribution is 2.27. The summed E-state index contributed by atoms with van der Waals surface area (Å²) in [6.07, 6.45) is 1.96. The monoisotopic (exact) mass is 294 g/mol. The van der Waals surface area contributed by atoms with Crippen molar-refractivity contribution in [1.29, 1.82) is 0 Å². The summed E-state index contributed by atoms with van der Waals surface area (Å²) in [5.41, 5.74) is 6.24. The largest absolute Gasteiger partial charge is 0.490 e. The average molecular weight is 294 g/mol. The SMILES string of the molecule is CCOc1c(F)cccc1C(=O)N1CCC[C@H]([C@H](C)N)C1. The Morgan fingerprint density at radius 1 is 1.57 bits per heavy atom. The molecule has 5 heteroatoms. The van der Waals surface area contributed by atoms with Crippen LogP contribution in [0.2, 0.25) is 0 Å². The Morgan fingerprint density at radius 3 is 3.00 bits per heavy atom. The summed E-state index contributed by atoms with van der Waals surface area (Å²) < 4.78 is 19.2. The molecule has 1 aliphatic heterocycles. The van der Waals surface area contributed by atoms with Crippen LogP contribution in [0.15, 0.2) is 18.2 Å². The van der Waals surface area contributed by atoms with Gasteiger partial charge in [-0.05, 0) is 44.7 Å². The Labute approximate surface area is 125 Å². The summed E-state index contributed by atoms with van der Waals surface area (Å²) in [7, 11) is 0.